The van der Waals surface area contributed by atoms with E-state index in [1.54, 1.807) is 6.92 Å². The number of halogens is 1. The van der Waals surface area contributed by atoms with Gasteiger partial charge >= 0.3 is 5.97 Å². The van der Waals surface area contributed by atoms with E-state index in [2.05, 4.69) is 21.2 Å². The van der Waals surface area contributed by atoms with Crippen molar-refractivity contribution in [3.8, 4) is 0 Å². The molecular formula is C21H21BrN2O6. The van der Waals surface area contributed by atoms with E-state index in [-0.39, 0.29) is 23.4 Å². The molecule has 8 nitrogen and oxygen atoms in total. The van der Waals surface area contributed by atoms with Gasteiger partial charge in [0.1, 0.15) is 0 Å². The molecule has 1 N–H and O–H groups in total. The number of carbonyl (C=O) groups excluding carboxylic acids is 2. The average Bonchev–Trinajstić information content (AvgIpc) is 2.74. The maximum absolute atomic E-state index is 13.1. The van der Waals surface area contributed by atoms with Crippen LogP contribution in [-0.2, 0) is 15.0 Å². The molecule has 0 aromatic heterocycles. The number of ether oxygens (including phenoxy) is 2. The number of esters is 1. The third-order valence-corrected chi connectivity index (χ3v) is 5.47. The zero-order chi connectivity index (χ0) is 21.7. The molecule has 1 aliphatic rings. The lowest BCUT2D eigenvalue weighted by atomic mass is 9.82. The number of nitrogens with one attached hydrogen (secondary N) is 1. The molecule has 1 fully saturated rings. The van der Waals surface area contributed by atoms with E-state index in [0.29, 0.717) is 26.1 Å². The van der Waals surface area contributed by atoms with Crippen LogP contribution in [0.5, 0.6) is 0 Å². The Morgan fingerprint density at radius 1 is 1.20 bits per heavy atom. The molecule has 1 heterocycles. The Morgan fingerprint density at radius 2 is 1.90 bits per heavy atom. The standard InChI is InChI=1S/C21H21BrN2O6/c1-2-30-20(26)15-10-14(11-18(12-15)24(27)28)19(25)23-21(6-8-29-9-7-21)16-4-3-5-17(22)13-16/h3-5,10-13H,2,6-9H2,1H3,(H,23,25). The average molecular weight is 477 g/mol. The summed E-state index contributed by atoms with van der Waals surface area (Å²) in [4.78, 5) is 35.9. The lowest BCUT2D eigenvalue weighted by molar-refractivity contribution is -0.384. The van der Waals surface area contributed by atoms with Crippen molar-refractivity contribution < 1.29 is 24.0 Å². The summed E-state index contributed by atoms with van der Waals surface area (Å²) in [5.74, 6) is -1.23. The topological polar surface area (TPSA) is 108 Å². The molecule has 0 aliphatic carbocycles. The third kappa shape index (κ3) is 4.85. The van der Waals surface area contributed by atoms with Crippen molar-refractivity contribution in [3.63, 3.8) is 0 Å². The van der Waals surface area contributed by atoms with Gasteiger partial charge < -0.3 is 14.8 Å². The van der Waals surface area contributed by atoms with Crippen molar-refractivity contribution >= 4 is 33.5 Å². The predicted molar refractivity (Wildman–Crippen MR) is 112 cm³/mol. The van der Waals surface area contributed by atoms with Gasteiger partial charge in [0.05, 0.1) is 22.6 Å². The summed E-state index contributed by atoms with van der Waals surface area (Å²) in [6.45, 7) is 2.69. The van der Waals surface area contributed by atoms with Crippen LogP contribution in [0.3, 0.4) is 0 Å². The number of non-ortho nitro benzene ring substituents is 1. The number of nitro groups is 1. The first-order valence-electron chi connectivity index (χ1n) is 9.47. The van der Waals surface area contributed by atoms with E-state index in [0.717, 1.165) is 22.2 Å². The van der Waals surface area contributed by atoms with E-state index in [4.69, 9.17) is 9.47 Å². The van der Waals surface area contributed by atoms with Crippen LogP contribution in [0.4, 0.5) is 5.69 Å². The number of nitro benzene ring substituents is 1. The molecule has 0 radical (unpaired) electrons. The number of rotatable bonds is 6. The number of amides is 1. The second-order valence-corrected chi connectivity index (χ2v) is 7.82. The normalized spacial score (nSPS) is 15.3. The van der Waals surface area contributed by atoms with Crippen LogP contribution in [0.15, 0.2) is 46.9 Å². The maximum Gasteiger partial charge on any atom is 0.338 e. The number of carbonyl (C=O) groups is 2. The Balaban J connectivity index is 1.98. The van der Waals surface area contributed by atoms with Crippen LogP contribution in [0.25, 0.3) is 0 Å². The van der Waals surface area contributed by atoms with Crippen LogP contribution in [0, 0.1) is 10.1 Å². The molecule has 1 saturated heterocycles. The molecule has 9 heteroatoms. The Hall–Kier alpha value is -2.78. The summed E-state index contributed by atoms with van der Waals surface area (Å²) in [5.41, 5.74) is -0.153. The molecule has 2 aromatic carbocycles. The molecule has 0 unspecified atom stereocenters. The van der Waals surface area contributed by atoms with E-state index >= 15 is 0 Å². The first-order chi connectivity index (χ1) is 14.3. The molecule has 1 amide bonds. The Morgan fingerprint density at radius 3 is 2.53 bits per heavy atom. The van der Waals surface area contributed by atoms with Gasteiger partial charge in [-0.25, -0.2) is 4.79 Å². The molecule has 3 rings (SSSR count). The highest BCUT2D eigenvalue weighted by Gasteiger charge is 2.36. The van der Waals surface area contributed by atoms with Gasteiger partial charge in [0.25, 0.3) is 11.6 Å². The van der Waals surface area contributed by atoms with Crippen molar-refractivity contribution in [3.05, 3.63) is 73.7 Å². The van der Waals surface area contributed by atoms with Crippen LogP contribution < -0.4 is 5.32 Å². The minimum Gasteiger partial charge on any atom is -0.462 e. The fourth-order valence-electron chi connectivity index (χ4n) is 3.46. The zero-order valence-electron chi connectivity index (χ0n) is 16.4. The number of nitrogens with zero attached hydrogens (tertiary/aromatic N) is 1. The smallest absolute Gasteiger partial charge is 0.338 e. The minimum atomic E-state index is -0.719. The Labute approximate surface area is 181 Å². The summed E-state index contributed by atoms with van der Waals surface area (Å²) >= 11 is 3.46. The molecule has 0 saturated carbocycles. The van der Waals surface area contributed by atoms with Crippen molar-refractivity contribution in [2.75, 3.05) is 19.8 Å². The molecule has 0 spiro atoms. The van der Waals surface area contributed by atoms with E-state index in [9.17, 15) is 19.7 Å². The molecule has 0 bridgehead atoms. The van der Waals surface area contributed by atoms with Crippen LogP contribution in [0.1, 0.15) is 46.0 Å². The van der Waals surface area contributed by atoms with Gasteiger partial charge in [-0.1, -0.05) is 28.1 Å². The lowest BCUT2D eigenvalue weighted by Gasteiger charge is -2.38. The third-order valence-electron chi connectivity index (χ3n) is 4.98. The van der Waals surface area contributed by atoms with Crippen LogP contribution in [-0.4, -0.2) is 36.6 Å². The molecule has 0 atom stereocenters. The monoisotopic (exact) mass is 476 g/mol. The fourth-order valence-corrected chi connectivity index (χ4v) is 3.86. The number of hydrogen-bond donors (Lipinski definition) is 1. The van der Waals surface area contributed by atoms with Gasteiger partial charge in [-0.15, -0.1) is 0 Å². The fraction of sp³-hybridized carbons (Fsp3) is 0.333. The highest BCUT2D eigenvalue weighted by Crippen LogP contribution is 2.34. The predicted octanol–water partition coefficient (Wildman–Crippen LogP) is 3.97. The summed E-state index contributed by atoms with van der Waals surface area (Å²) in [6.07, 6.45) is 1.10. The molecular weight excluding hydrogens is 456 g/mol. The SMILES string of the molecule is CCOC(=O)c1cc(C(=O)NC2(c3cccc(Br)c3)CCOCC2)cc([N+](=O)[O-])c1. The van der Waals surface area contributed by atoms with Gasteiger partial charge in [0.2, 0.25) is 0 Å². The molecule has 30 heavy (non-hydrogen) atoms. The van der Waals surface area contributed by atoms with Gasteiger partial charge in [0, 0.05) is 35.4 Å². The zero-order valence-corrected chi connectivity index (χ0v) is 17.9. The van der Waals surface area contributed by atoms with Gasteiger partial charge in [0.15, 0.2) is 0 Å². The highest BCUT2D eigenvalue weighted by molar-refractivity contribution is 9.10. The van der Waals surface area contributed by atoms with Crippen LogP contribution >= 0.6 is 15.9 Å². The Bertz CT molecular complexity index is 972. The van der Waals surface area contributed by atoms with Crippen molar-refractivity contribution in [1.82, 2.24) is 5.32 Å². The quantitative estimate of drug-likeness (QED) is 0.383. The summed E-state index contributed by atoms with van der Waals surface area (Å²) < 4.78 is 11.3. The summed E-state index contributed by atoms with van der Waals surface area (Å²) in [5, 5.41) is 14.4. The van der Waals surface area contributed by atoms with E-state index in [1.165, 1.54) is 6.07 Å². The maximum atomic E-state index is 13.1. The second-order valence-electron chi connectivity index (χ2n) is 6.91. The van der Waals surface area contributed by atoms with Crippen molar-refractivity contribution in [2.24, 2.45) is 0 Å². The van der Waals surface area contributed by atoms with Gasteiger partial charge in [-0.3, -0.25) is 14.9 Å². The first kappa shape index (κ1) is 21.9. The van der Waals surface area contributed by atoms with Gasteiger partial charge in [-0.05, 0) is 43.5 Å². The summed E-state index contributed by atoms with van der Waals surface area (Å²) in [6, 6.07) is 11.2. The van der Waals surface area contributed by atoms with E-state index < -0.39 is 22.3 Å². The first-order valence-corrected chi connectivity index (χ1v) is 10.3. The van der Waals surface area contributed by atoms with Gasteiger partial charge in [-0.2, -0.15) is 0 Å². The van der Waals surface area contributed by atoms with Crippen molar-refractivity contribution in [2.45, 2.75) is 25.3 Å². The number of benzene rings is 2. The lowest BCUT2D eigenvalue weighted by Crippen LogP contribution is -2.49. The largest absolute Gasteiger partial charge is 0.462 e. The number of hydrogen-bond acceptors (Lipinski definition) is 6. The Kier molecular flexibility index (Phi) is 6.84. The van der Waals surface area contributed by atoms with E-state index in [1.807, 2.05) is 24.3 Å². The summed E-state index contributed by atoms with van der Waals surface area (Å²) in [7, 11) is 0. The highest BCUT2D eigenvalue weighted by atomic mass is 79.9. The molecule has 158 valence electrons. The van der Waals surface area contributed by atoms with Crippen molar-refractivity contribution in [1.29, 1.82) is 0 Å². The second kappa shape index (κ2) is 9.36. The minimum absolute atomic E-state index is 0.0214. The van der Waals surface area contributed by atoms with Crippen LogP contribution in [0.2, 0.25) is 0 Å². The molecule has 1 aliphatic heterocycles. The molecule has 2 aromatic rings.